The third kappa shape index (κ3) is 5.42. The summed E-state index contributed by atoms with van der Waals surface area (Å²) in [5.41, 5.74) is 2.19. The Balaban J connectivity index is 2.44. The Morgan fingerprint density at radius 1 is 1.26 bits per heavy atom. The molecule has 0 aromatic heterocycles. The molecule has 0 bridgehead atoms. The van der Waals surface area contributed by atoms with Gasteiger partial charge in [-0.25, -0.2) is 4.79 Å². The molecule has 0 aliphatic carbocycles. The molecule has 104 valence electrons. The van der Waals surface area contributed by atoms with Crippen LogP contribution in [0.3, 0.4) is 0 Å². The van der Waals surface area contributed by atoms with Crippen molar-refractivity contribution >= 4 is 12.0 Å². The Morgan fingerprint density at radius 3 is 2.42 bits per heavy atom. The normalized spacial score (nSPS) is 10.0. The molecule has 0 radical (unpaired) electrons. The van der Waals surface area contributed by atoms with Crippen LogP contribution in [0.1, 0.15) is 24.5 Å². The van der Waals surface area contributed by atoms with Gasteiger partial charge in [0.05, 0.1) is 6.42 Å². The van der Waals surface area contributed by atoms with E-state index in [0.29, 0.717) is 13.1 Å². The number of carbonyl (C=O) groups excluding carboxylic acids is 1. The molecule has 5 heteroatoms. The van der Waals surface area contributed by atoms with Crippen LogP contribution < -0.4 is 5.32 Å². The molecular weight excluding hydrogens is 244 g/mol. The van der Waals surface area contributed by atoms with Crippen LogP contribution in [0.25, 0.3) is 0 Å². The summed E-state index contributed by atoms with van der Waals surface area (Å²) < 4.78 is 0. The summed E-state index contributed by atoms with van der Waals surface area (Å²) in [6.45, 7) is 5.00. The molecule has 0 fully saturated rings. The molecule has 0 aliphatic heterocycles. The van der Waals surface area contributed by atoms with E-state index in [1.165, 1.54) is 10.5 Å². The van der Waals surface area contributed by atoms with Crippen molar-refractivity contribution in [3.05, 3.63) is 35.4 Å². The summed E-state index contributed by atoms with van der Waals surface area (Å²) in [7, 11) is 0. The van der Waals surface area contributed by atoms with Crippen molar-refractivity contribution < 1.29 is 14.7 Å². The minimum Gasteiger partial charge on any atom is -0.481 e. The van der Waals surface area contributed by atoms with Crippen molar-refractivity contribution in [2.45, 2.75) is 26.8 Å². The third-order valence-corrected chi connectivity index (χ3v) is 2.83. The molecule has 0 saturated heterocycles. The maximum Gasteiger partial charge on any atom is 0.317 e. The summed E-state index contributed by atoms with van der Waals surface area (Å²) in [5.74, 6) is -0.898. The lowest BCUT2D eigenvalue weighted by Gasteiger charge is -2.20. The summed E-state index contributed by atoms with van der Waals surface area (Å²) in [4.78, 5) is 23.8. The highest BCUT2D eigenvalue weighted by Gasteiger charge is 2.12. The molecule has 1 aromatic rings. The van der Waals surface area contributed by atoms with Gasteiger partial charge in [0.1, 0.15) is 0 Å². The zero-order valence-corrected chi connectivity index (χ0v) is 11.3. The summed E-state index contributed by atoms with van der Waals surface area (Å²) in [5, 5.41) is 11.4. The first-order chi connectivity index (χ1) is 9.02. The number of aryl methyl sites for hydroxylation is 1. The van der Waals surface area contributed by atoms with Gasteiger partial charge in [-0.3, -0.25) is 4.79 Å². The van der Waals surface area contributed by atoms with Gasteiger partial charge in [-0.15, -0.1) is 0 Å². The predicted octanol–water partition coefficient (Wildman–Crippen LogP) is 2.00. The number of urea groups is 1. The van der Waals surface area contributed by atoms with E-state index in [2.05, 4.69) is 5.32 Å². The van der Waals surface area contributed by atoms with Gasteiger partial charge in [-0.1, -0.05) is 29.8 Å². The number of rotatable bonds is 6. The van der Waals surface area contributed by atoms with Gasteiger partial charge in [0.15, 0.2) is 0 Å². The molecule has 2 amide bonds. The van der Waals surface area contributed by atoms with Gasteiger partial charge < -0.3 is 15.3 Å². The fourth-order valence-electron chi connectivity index (χ4n) is 1.63. The quantitative estimate of drug-likeness (QED) is 0.825. The molecule has 0 unspecified atom stereocenters. The molecule has 1 rings (SSSR count). The lowest BCUT2D eigenvalue weighted by molar-refractivity contribution is -0.137. The Kier molecular flexibility index (Phi) is 5.85. The smallest absolute Gasteiger partial charge is 0.317 e. The van der Waals surface area contributed by atoms with Crippen molar-refractivity contribution in [2.24, 2.45) is 0 Å². The molecule has 2 N–H and O–H groups in total. The van der Waals surface area contributed by atoms with E-state index in [4.69, 9.17) is 5.11 Å². The van der Waals surface area contributed by atoms with E-state index in [9.17, 15) is 9.59 Å². The molecule has 0 atom stereocenters. The van der Waals surface area contributed by atoms with Crippen molar-refractivity contribution in [2.75, 3.05) is 13.1 Å². The monoisotopic (exact) mass is 264 g/mol. The molecule has 0 heterocycles. The maximum atomic E-state index is 11.8. The summed E-state index contributed by atoms with van der Waals surface area (Å²) in [6, 6.07) is 7.67. The van der Waals surface area contributed by atoms with E-state index in [1.807, 2.05) is 38.1 Å². The number of benzene rings is 1. The topological polar surface area (TPSA) is 69.6 Å². The van der Waals surface area contributed by atoms with Crippen molar-refractivity contribution in [1.29, 1.82) is 0 Å². The molecule has 0 spiro atoms. The second kappa shape index (κ2) is 7.41. The SMILES string of the molecule is CCN(CCC(=O)O)C(=O)NCc1ccc(C)cc1. The highest BCUT2D eigenvalue weighted by molar-refractivity contribution is 5.75. The zero-order valence-electron chi connectivity index (χ0n) is 11.3. The summed E-state index contributed by atoms with van der Waals surface area (Å²) >= 11 is 0. The van der Waals surface area contributed by atoms with Crippen LogP contribution in [-0.4, -0.2) is 35.1 Å². The lowest BCUT2D eigenvalue weighted by atomic mass is 10.1. The first-order valence-corrected chi connectivity index (χ1v) is 6.33. The van der Waals surface area contributed by atoms with Crippen LogP contribution in [0.15, 0.2) is 24.3 Å². The van der Waals surface area contributed by atoms with E-state index in [0.717, 1.165) is 5.56 Å². The first kappa shape index (κ1) is 15.0. The molecule has 0 saturated carbocycles. The maximum absolute atomic E-state index is 11.8. The van der Waals surface area contributed by atoms with Gasteiger partial charge >= 0.3 is 12.0 Å². The fraction of sp³-hybridized carbons (Fsp3) is 0.429. The van der Waals surface area contributed by atoms with Gasteiger partial charge in [0.2, 0.25) is 0 Å². The highest BCUT2D eigenvalue weighted by atomic mass is 16.4. The van der Waals surface area contributed by atoms with Crippen LogP contribution in [0, 0.1) is 6.92 Å². The minimum absolute atomic E-state index is 0.0359. The lowest BCUT2D eigenvalue weighted by Crippen LogP contribution is -2.40. The number of hydrogen-bond acceptors (Lipinski definition) is 2. The molecular formula is C14H20N2O3. The van der Waals surface area contributed by atoms with E-state index in [-0.39, 0.29) is 19.0 Å². The van der Waals surface area contributed by atoms with E-state index < -0.39 is 5.97 Å². The van der Waals surface area contributed by atoms with Gasteiger partial charge in [-0.2, -0.15) is 0 Å². The van der Waals surface area contributed by atoms with Crippen LogP contribution in [0.4, 0.5) is 4.79 Å². The van der Waals surface area contributed by atoms with Crippen LogP contribution >= 0.6 is 0 Å². The fourth-order valence-corrected chi connectivity index (χ4v) is 1.63. The van der Waals surface area contributed by atoms with Crippen LogP contribution in [0.2, 0.25) is 0 Å². The second-order valence-corrected chi connectivity index (χ2v) is 4.37. The Morgan fingerprint density at radius 2 is 1.89 bits per heavy atom. The molecule has 0 aliphatic rings. The third-order valence-electron chi connectivity index (χ3n) is 2.83. The Labute approximate surface area is 113 Å². The number of amides is 2. The van der Waals surface area contributed by atoms with Crippen molar-refractivity contribution in [3.8, 4) is 0 Å². The Bertz CT molecular complexity index is 429. The number of nitrogens with one attached hydrogen (secondary N) is 1. The molecule has 19 heavy (non-hydrogen) atoms. The van der Waals surface area contributed by atoms with Crippen molar-refractivity contribution in [3.63, 3.8) is 0 Å². The number of carboxylic acids is 1. The van der Waals surface area contributed by atoms with E-state index in [1.54, 1.807) is 0 Å². The van der Waals surface area contributed by atoms with Gasteiger partial charge in [-0.05, 0) is 19.4 Å². The van der Waals surface area contributed by atoms with Gasteiger partial charge in [0, 0.05) is 19.6 Å². The minimum atomic E-state index is -0.898. The average molecular weight is 264 g/mol. The summed E-state index contributed by atoms with van der Waals surface area (Å²) in [6.07, 6.45) is -0.0359. The van der Waals surface area contributed by atoms with Crippen molar-refractivity contribution in [1.82, 2.24) is 10.2 Å². The Hall–Kier alpha value is -2.04. The van der Waals surface area contributed by atoms with Crippen LogP contribution in [0.5, 0.6) is 0 Å². The number of nitrogens with zero attached hydrogens (tertiary/aromatic N) is 1. The van der Waals surface area contributed by atoms with Gasteiger partial charge in [0.25, 0.3) is 0 Å². The van der Waals surface area contributed by atoms with Crippen LogP contribution in [-0.2, 0) is 11.3 Å². The number of aliphatic carboxylic acids is 1. The second-order valence-electron chi connectivity index (χ2n) is 4.37. The largest absolute Gasteiger partial charge is 0.481 e. The highest BCUT2D eigenvalue weighted by Crippen LogP contribution is 2.03. The average Bonchev–Trinajstić information content (AvgIpc) is 2.38. The first-order valence-electron chi connectivity index (χ1n) is 6.33. The molecule has 5 nitrogen and oxygen atoms in total. The number of carbonyl (C=O) groups is 2. The zero-order chi connectivity index (χ0) is 14.3. The number of hydrogen-bond donors (Lipinski definition) is 2. The standard InChI is InChI=1S/C14H20N2O3/c1-3-16(9-8-13(17)18)14(19)15-10-12-6-4-11(2)5-7-12/h4-7H,3,8-10H2,1-2H3,(H,15,19)(H,17,18). The van der Waals surface area contributed by atoms with E-state index >= 15 is 0 Å². The predicted molar refractivity (Wildman–Crippen MR) is 72.9 cm³/mol. The number of carboxylic acid groups (broad SMARTS) is 1. The molecule has 1 aromatic carbocycles.